The summed E-state index contributed by atoms with van der Waals surface area (Å²) in [5, 5.41) is 21.5. The Hall–Kier alpha value is -3.80. The van der Waals surface area contributed by atoms with Crippen molar-refractivity contribution in [1.82, 2.24) is 5.48 Å². The molecular weight excluding hydrogens is 497 g/mol. The van der Waals surface area contributed by atoms with Crippen LogP contribution in [-0.4, -0.2) is 47.4 Å². The van der Waals surface area contributed by atoms with Gasteiger partial charge in [0, 0.05) is 11.3 Å². The number of nitrogens with zero attached hydrogens (tertiary/aromatic N) is 3. The monoisotopic (exact) mass is 524 g/mol. The predicted molar refractivity (Wildman–Crippen MR) is 125 cm³/mol. The highest BCUT2D eigenvalue weighted by Gasteiger charge is 2.29. The third kappa shape index (κ3) is 10.8. The number of carbonyl (C=O) groups is 2. The van der Waals surface area contributed by atoms with E-state index in [4.69, 9.17) is 20.2 Å². The Kier molecular flexibility index (Phi) is 11.7. The van der Waals surface area contributed by atoms with Gasteiger partial charge in [0.15, 0.2) is 0 Å². The maximum Gasteiger partial charge on any atom is 0.416 e. The van der Waals surface area contributed by atoms with Crippen LogP contribution in [0.5, 0.6) is 5.75 Å². The average Bonchev–Trinajstić information content (AvgIpc) is 2.88. The summed E-state index contributed by atoms with van der Waals surface area (Å²) >= 11 is 0. The molecule has 1 unspecified atom stereocenters. The second-order valence-corrected chi connectivity index (χ2v) is 8.06. The number of amides is 1. The van der Waals surface area contributed by atoms with E-state index in [0.29, 0.717) is 36.1 Å². The lowest BCUT2D eigenvalue weighted by Gasteiger charge is -2.13. The summed E-state index contributed by atoms with van der Waals surface area (Å²) in [5.41, 5.74) is 11.4. The van der Waals surface area contributed by atoms with E-state index in [2.05, 4.69) is 10.0 Å². The topological polar surface area (TPSA) is 154 Å². The van der Waals surface area contributed by atoms with Gasteiger partial charge in [-0.1, -0.05) is 29.4 Å². The quantitative estimate of drug-likeness (QED) is 0.120. The lowest BCUT2D eigenvalue weighted by Crippen LogP contribution is -2.36. The highest BCUT2D eigenvalue weighted by Crippen LogP contribution is 2.29. The molecule has 0 saturated carbocycles. The van der Waals surface area contributed by atoms with Gasteiger partial charge in [0.25, 0.3) is 5.91 Å². The molecular formula is C24H27F3N4O6. The lowest BCUT2D eigenvalue weighted by molar-refractivity contribution is -0.158. The van der Waals surface area contributed by atoms with Crippen molar-refractivity contribution in [3.05, 3.63) is 75.7 Å². The van der Waals surface area contributed by atoms with Crippen molar-refractivity contribution in [3.63, 3.8) is 0 Å². The van der Waals surface area contributed by atoms with Gasteiger partial charge in [0.1, 0.15) is 24.5 Å². The maximum absolute atomic E-state index is 12.6. The van der Waals surface area contributed by atoms with Crippen LogP contribution >= 0.6 is 0 Å². The number of benzene rings is 2. The van der Waals surface area contributed by atoms with Gasteiger partial charge in [-0.3, -0.25) is 4.79 Å². The SMILES string of the molecule is [N-]=[N+]=N[C@@H](Cc1ccc(OCC(O)CO)cc1)C(=O)NOC(=O)CCCCc1ccc(C(F)(F)F)cc1. The molecule has 10 nitrogen and oxygen atoms in total. The molecule has 200 valence electrons. The van der Waals surface area contributed by atoms with Crippen LogP contribution in [0.4, 0.5) is 13.2 Å². The first kappa shape index (κ1) is 29.4. The minimum absolute atomic E-state index is 0.0140. The third-order valence-corrected chi connectivity index (χ3v) is 5.14. The number of carbonyl (C=O) groups excluding carboxylic acids is 2. The van der Waals surface area contributed by atoms with Crippen molar-refractivity contribution in [2.24, 2.45) is 5.11 Å². The van der Waals surface area contributed by atoms with Crippen LogP contribution in [0.1, 0.15) is 36.0 Å². The Morgan fingerprint density at radius 1 is 1.05 bits per heavy atom. The zero-order valence-electron chi connectivity index (χ0n) is 19.7. The van der Waals surface area contributed by atoms with Gasteiger partial charge in [-0.05, 0) is 66.6 Å². The number of hydroxylamine groups is 1. The Morgan fingerprint density at radius 2 is 1.70 bits per heavy atom. The van der Waals surface area contributed by atoms with Gasteiger partial charge in [-0.15, -0.1) is 0 Å². The molecule has 2 aromatic carbocycles. The first-order valence-electron chi connectivity index (χ1n) is 11.3. The number of rotatable bonds is 13. The second kappa shape index (κ2) is 14.7. The van der Waals surface area contributed by atoms with E-state index in [1.165, 1.54) is 12.1 Å². The number of aliphatic hydroxyl groups is 2. The molecule has 0 aromatic heterocycles. The number of aryl methyl sites for hydroxylation is 1. The van der Waals surface area contributed by atoms with Crippen molar-refractivity contribution < 1.29 is 42.5 Å². The summed E-state index contributed by atoms with van der Waals surface area (Å²) in [5.74, 6) is -1.11. The van der Waals surface area contributed by atoms with Crippen LogP contribution in [0.15, 0.2) is 53.6 Å². The molecule has 0 radical (unpaired) electrons. The standard InChI is InChI=1S/C24H27F3N4O6/c25-24(26,27)18-9-5-16(6-10-18)3-1-2-4-22(34)37-30-23(35)21(29-31-28)13-17-7-11-20(12-8-17)36-15-19(33)14-32/h5-12,19,21,32-33H,1-4,13-15H2,(H,30,35)/t19?,21-/m0/s1. The van der Waals surface area contributed by atoms with Gasteiger partial charge in [-0.25, -0.2) is 4.79 Å². The predicted octanol–water partition coefficient (Wildman–Crippen LogP) is 3.65. The fourth-order valence-corrected chi connectivity index (χ4v) is 3.12. The van der Waals surface area contributed by atoms with Crippen molar-refractivity contribution in [1.29, 1.82) is 0 Å². The number of nitrogens with one attached hydrogen (secondary N) is 1. The molecule has 37 heavy (non-hydrogen) atoms. The van der Waals surface area contributed by atoms with Crippen LogP contribution in [0.2, 0.25) is 0 Å². The van der Waals surface area contributed by atoms with Crippen LogP contribution < -0.4 is 10.2 Å². The molecule has 2 atom stereocenters. The van der Waals surface area contributed by atoms with Crippen LogP contribution in [0, 0.1) is 0 Å². The van der Waals surface area contributed by atoms with Gasteiger partial charge in [0.2, 0.25) is 0 Å². The van der Waals surface area contributed by atoms with Crippen molar-refractivity contribution in [2.75, 3.05) is 13.2 Å². The minimum Gasteiger partial charge on any atom is -0.491 e. The maximum atomic E-state index is 12.6. The molecule has 0 fully saturated rings. The number of ether oxygens (including phenoxy) is 1. The third-order valence-electron chi connectivity index (χ3n) is 5.14. The van der Waals surface area contributed by atoms with E-state index in [-0.39, 0.29) is 19.4 Å². The number of unbranched alkanes of at least 4 members (excludes halogenated alkanes) is 1. The van der Waals surface area contributed by atoms with E-state index < -0.39 is 42.4 Å². The summed E-state index contributed by atoms with van der Waals surface area (Å²) in [6, 6.07) is 9.99. The Balaban J connectivity index is 1.74. The first-order valence-corrected chi connectivity index (χ1v) is 11.3. The Morgan fingerprint density at radius 3 is 2.30 bits per heavy atom. The molecule has 0 aliphatic rings. The number of alkyl halides is 3. The van der Waals surface area contributed by atoms with Gasteiger partial charge in [0.05, 0.1) is 12.2 Å². The number of aliphatic hydroxyl groups excluding tert-OH is 2. The zero-order chi connectivity index (χ0) is 27.3. The largest absolute Gasteiger partial charge is 0.491 e. The molecule has 3 N–H and O–H groups in total. The summed E-state index contributed by atoms with van der Waals surface area (Å²) in [4.78, 5) is 31.6. The van der Waals surface area contributed by atoms with Crippen LogP contribution in [0.3, 0.4) is 0 Å². The van der Waals surface area contributed by atoms with Crippen molar-refractivity contribution in [2.45, 2.75) is 50.4 Å². The fraction of sp³-hybridized carbons (Fsp3) is 0.417. The van der Waals surface area contributed by atoms with Gasteiger partial charge >= 0.3 is 12.1 Å². The highest BCUT2D eigenvalue weighted by molar-refractivity contribution is 5.83. The molecule has 0 aliphatic carbocycles. The lowest BCUT2D eigenvalue weighted by atomic mass is 10.1. The smallest absolute Gasteiger partial charge is 0.416 e. The van der Waals surface area contributed by atoms with Crippen LogP contribution in [0.25, 0.3) is 10.4 Å². The fourth-order valence-electron chi connectivity index (χ4n) is 3.12. The van der Waals surface area contributed by atoms with Gasteiger partial charge < -0.3 is 19.8 Å². The molecule has 0 aliphatic heterocycles. The first-order chi connectivity index (χ1) is 17.6. The van der Waals surface area contributed by atoms with Crippen molar-refractivity contribution >= 4 is 11.9 Å². The number of hydrogen-bond donors (Lipinski definition) is 3. The molecule has 0 bridgehead atoms. The number of hydrogen-bond acceptors (Lipinski definition) is 7. The molecule has 1 amide bonds. The molecule has 0 spiro atoms. The summed E-state index contributed by atoms with van der Waals surface area (Å²) in [6.45, 7) is -0.533. The average molecular weight is 524 g/mol. The molecule has 2 aromatic rings. The minimum atomic E-state index is -4.39. The summed E-state index contributed by atoms with van der Waals surface area (Å²) < 4.78 is 43.1. The zero-order valence-corrected chi connectivity index (χ0v) is 19.7. The van der Waals surface area contributed by atoms with Crippen molar-refractivity contribution in [3.8, 4) is 5.75 Å². The van der Waals surface area contributed by atoms with E-state index in [1.54, 1.807) is 24.3 Å². The molecule has 13 heteroatoms. The summed E-state index contributed by atoms with van der Waals surface area (Å²) in [7, 11) is 0. The van der Waals surface area contributed by atoms with E-state index >= 15 is 0 Å². The Labute approximate surface area is 210 Å². The molecule has 0 saturated heterocycles. The number of halogens is 3. The highest BCUT2D eigenvalue weighted by atomic mass is 19.4. The molecule has 2 rings (SSSR count). The van der Waals surface area contributed by atoms with E-state index in [0.717, 1.165) is 12.1 Å². The summed E-state index contributed by atoms with van der Waals surface area (Å²) in [6.07, 6.45) is -4.04. The van der Waals surface area contributed by atoms with Crippen LogP contribution in [-0.2, 0) is 33.4 Å². The second-order valence-electron chi connectivity index (χ2n) is 8.06. The van der Waals surface area contributed by atoms with Gasteiger partial charge in [-0.2, -0.15) is 18.7 Å². The normalized spacial score (nSPS) is 12.7. The Bertz CT molecular complexity index is 1060. The van der Waals surface area contributed by atoms with E-state index in [9.17, 15) is 27.9 Å². The van der Waals surface area contributed by atoms with E-state index in [1.807, 2.05) is 5.48 Å². The number of azide groups is 1. The molecule has 0 heterocycles.